The van der Waals surface area contributed by atoms with Crippen LogP contribution in [0, 0.1) is 0 Å². The van der Waals surface area contributed by atoms with Gasteiger partial charge in [-0.25, -0.2) is 4.98 Å². The highest BCUT2D eigenvalue weighted by atomic mass is 32.1. The predicted octanol–water partition coefficient (Wildman–Crippen LogP) is 1.52. The van der Waals surface area contributed by atoms with Gasteiger partial charge in [0.15, 0.2) is 0 Å². The molecule has 2 aromatic heterocycles. The molecular weight excluding hydrogens is 316 g/mol. The number of amides is 1. The van der Waals surface area contributed by atoms with Gasteiger partial charge in [0.25, 0.3) is 5.91 Å². The molecule has 1 aliphatic heterocycles. The van der Waals surface area contributed by atoms with Gasteiger partial charge in [0, 0.05) is 38.4 Å². The van der Waals surface area contributed by atoms with Crippen LogP contribution >= 0.6 is 11.3 Å². The highest BCUT2D eigenvalue weighted by Gasteiger charge is 2.26. The number of anilines is 1. The summed E-state index contributed by atoms with van der Waals surface area (Å²) in [6.07, 6.45) is 1.68. The van der Waals surface area contributed by atoms with Gasteiger partial charge in [0.05, 0.1) is 14.2 Å². The van der Waals surface area contributed by atoms with Crippen molar-refractivity contribution < 1.29 is 14.3 Å². The third-order valence-corrected chi connectivity index (χ3v) is 4.60. The Morgan fingerprint density at radius 1 is 1.17 bits per heavy atom. The lowest BCUT2D eigenvalue weighted by Crippen LogP contribution is -2.49. The molecule has 0 atom stereocenters. The minimum Gasteiger partial charge on any atom is -0.495 e. The van der Waals surface area contributed by atoms with Crippen LogP contribution in [0.1, 0.15) is 9.67 Å². The molecule has 3 heterocycles. The Balaban J connectivity index is 1.65. The maximum absolute atomic E-state index is 12.6. The van der Waals surface area contributed by atoms with Crippen molar-refractivity contribution in [2.24, 2.45) is 0 Å². The van der Waals surface area contributed by atoms with Gasteiger partial charge in [0.2, 0.25) is 11.8 Å². The van der Waals surface area contributed by atoms with E-state index in [-0.39, 0.29) is 5.91 Å². The number of thiophene rings is 1. The van der Waals surface area contributed by atoms with E-state index in [0.717, 1.165) is 0 Å². The molecule has 3 rings (SSSR count). The van der Waals surface area contributed by atoms with Crippen LogP contribution < -0.4 is 14.4 Å². The minimum absolute atomic E-state index is 0.0167. The smallest absolute Gasteiger partial charge is 0.267 e. The molecule has 8 heteroatoms. The molecule has 0 saturated carbocycles. The number of hydrogen-bond acceptors (Lipinski definition) is 7. The number of nitrogens with zero attached hydrogens (tertiary/aromatic N) is 4. The molecule has 0 spiro atoms. The fraction of sp³-hybridized carbons (Fsp3) is 0.400. The summed E-state index contributed by atoms with van der Waals surface area (Å²) in [4.78, 5) is 25.7. The first-order valence-corrected chi connectivity index (χ1v) is 8.13. The van der Waals surface area contributed by atoms with Gasteiger partial charge in [-0.3, -0.25) is 4.79 Å². The Morgan fingerprint density at radius 2 is 1.96 bits per heavy atom. The molecule has 0 aliphatic carbocycles. The van der Waals surface area contributed by atoms with Crippen LogP contribution in [0.4, 0.5) is 5.95 Å². The van der Waals surface area contributed by atoms with Crippen LogP contribution in [0.2, 0.25) is 0 Å². The normalized spacial score (nSPS) is 14.7. The van der Waals surface area contributed by atoms with Crippen molar-refractivity contribution in [3.05, 3.63) is 28.6 Å². The molecular formula is C15H18N4O3S. The van der Waals surface area contributed by atoms with Crippen LogP contribution in [0.25, 0.3) is 0 Å². The van der Waals surface area contributed by atoms with E-state index < -0.39 is 0 Å². The molecule has 0 aromatic carbocycles. The molecule has 0 radical (unpaired) electrons. The third kappa shape index (κ3) is 3.21. The second-order valence-corrected chi connectivity index (χ2v) is 5.91. The third-order valence-electron chi connectivity index (χ3n) is 3.72. The molecule has 1 saturated heterocycles. The first-order chi connectivity index (χ1) is 11.2. The highest BCUT2D eigenvalue weighted by molar-refractivity contribution is 7.12. The van der Waals surface area contributed by atoms with E-state index in [1.165, 1.54) is 11.3 Å². The van der Waals surface area contributed by atoms with Gasteiger partial charge >= 0.3 is 0 Å². The average molecular weight is 334 g/mol. The Bertz CT molecular complexity index is 683. The number of carbonyl (C=O) groups is 1. The minimum atomic E-state index is 0.0167. The van der Waals surface area contributed by atoms with Gasteiger partial charge in [-0.05, 0) is 11.4 Å². The zero-order valence-corrected chi connectivity index (χ0v) is 13.9. The van der Waals surface area contributed by atoms with Crippen LogP contribution in [-0.2, 0) is 0 Å². The number of aromatic nitrogens is 2. The van der Waals surface area contributed by atoms with E-state index in [1.54, 1.807) is 26.5 Å². The highest BCUT2D eigenvalue weighted by Crippen LogP contribution is 2.26. The quantitative estimate of drug-likeness (QED) is 0.844. The van der Waals surface area contributed by atoms with Crippen molar-refractivity contribution in [3.8, 4) is 11.6 Å². The van der Waals surface area contributed by atoms with Crippen molar-refractivity contribution in [3.63, 3.8) is 0 Å². The van der Waals surface area contributed by atoms with Crippen LogP contribution in [0.5, 0.6) is 11.6 Å². The van der Waals surface area contributed by atoms with Gasteiger partial charge in [-0.15, -0.1) is 11.3 Å². The van der Waals surface area contributed by atoms with Crippen molar-refractivity contribution >= 4 is 23.2 Å². The van der Waals surface area contributed by atoms with Gasteiger partial charge in [0.1, 0.15) is 10.6 Å². The lowest BCUT2D eigenvalue weighted by Gasteiger charge is -2.34. The lowest BCUT2D eigenvalue weighted by atomic mass is 10.3. The lowest BCUT2D eigenvalue weighted by molar-refractivity contribution is 0.0748. The summed E-state index contributed by atoms with van der Waals surface area (Å²) >= 11 is 1.41. The predicted molar refractivity (Wildman–Crippen MR) is 87.6 cm³/mol. The second kappa shape index (κ2) is 6.82. The zero-order valence-electron chi connectivity index (χ0n) is 13.1. The number of rotatable bonds is 4. The number of methoxy groups -OCH3 is 2. The second-order valence-electron chi connectivity index (χ2n) is 5.00. The molecule has 0 unspecified atom stereocenters. The SMILES string of the molecule is COc1ccnc(N2CCN(C(=O)c3sccc3OC)CC2)n1. The van der Waals surface area contributed by atoms with E-state index in [1.807, 2.05) is 16.3 Å². The number of piperazine rings is 1. The maximum Gasteiger partial charge on any atom is 0.267 e. The van der Waals surface area contributed by atoms with Crippen LogP contribution in [0.15, 0.2) is 23.7 Å². The molecule has 0 bridgehead atoms. The van der Waals surface area contributed by atoms with E-state index in [4.69, 9.17) is 9.47 Å². The molecule has 1 amide bonds. The average Bonchev–Trinajstić information content (AvgIpc) is 3.10. The van der Waals surface area contributed by atoms with Gasteiger partial charge in [-0.2, -0.15) is 4.98 Å². The number of hydrogen-bond donors (Lipinski definition) is 0. The molecule has 122 valence electrons. The fourth-order valence-electron chi connectivity index (χ4n) is 2.47. The summed E-state index contributed by atoms with van der Waals surface area (Å²) in [5.74, 6) is 1.82. The van der Waals surface area contributed by atoms with Crippen molar-refractivity contribution in [2.75, 3.05) is 45.3 Å². The zero-order chi connectivity index (χ0) is 16.2. The monoisotopic (exact) mass is 334 g/mol. The molecule has 7 nitrogen and oxygen atoms in total. The standard InChI is InChI=1S/C15H18N4O3S/c1-21-11-4-10-23-13(11)14(20)18-6-8-19(9-7-18)15-16-5-3-12(17-15)22-2/h3-5,10H,6-9H2,1-2H3. The van der Waals surface area contributed by atoms with E-state index in [9.17, 15) is 4.79 Å². The number of carbonyl (C=O) groups excluding carboxylic acids is 1. The molecule has 0 N–H and O–H groups in total. The van der Waals surface area contributed by atoms with E-state index in [0.29, 0.717) is 48.6 Å². The molecule has 1 fully saturated rings. The van der Waals surface area contributed by atoms with Crippen LogP contribution in [0.3, 0.4) is 0 Å². The molecule has 2 aromatic rings. The molecule has 23 heavy (non-hydrogen) atoms. The maximum atomic E-state index is 12.6. The summed E-state index contributed by atoms with van der Waals surface area (Å²) in [5, 5.41) is 1.87. The van der Waals surface area contributed by atoms with E-state index >= 15 is 0 Å². The first-order valence-electron chi connectivity index (χ1n) is 7.25. The Labute approximate surface area is 138 Å². The number of ether oxygens (including phenoxy) is 2. The van der Waals surface area contributed by atoms with Crippen LogP contribution in [-0.4, -0.2) is 61.2 Å². The molecule has 1 aliphatic rings. The summed E-state index contributed by atoms with van der Waals surface area (Å²) < 4.78 is 10.4. The fourth-order valence-corrected chi connectivity index (χ4v) is 3.29. The summed E-state index contributed by atoms with van der Waals surface area (Å²) in [5.41, 5.74) is 0. The van der Waals surface area contributed by atoms with Crippen molar-refractivity contribution in [2.45, 2.75) is 0 Å². The largest absolute Gasteiger partial charge is 0.495 e. The van der Waals surface area contributed by atoms with Gasteiger partial charge in [-0.1, -0.05) is 0 Å². The van der Waals surface area contributed by atoms with E-state index in [2.05, 4.69) is 14.9 Å². The van der Waals surface area contributed by atoms with Gasteiger partial charge < -0.3 is 19.3 Å². The van der Waals surface area contributed by atoms with Crippen molar-refractivity contribution in [1.82, 2.24) is 14.9 Å². The van der Waals surface area contributed by atoms with Crippen molar-refractivity contribution in [1.29, 1.82) is 0 Å². The summed E-state index contributed by atoms with van der Waals surface area (Å²) in [6.45, 7) is 2.63. The Hall–Kier alpha value is -2.35. The summed E-state index contributed by atoms with van der Waals surface area (Å²) in [7, 11) is 3.16. The first kappa shape index (κ1) is 15.5. The topological polar surface area (TPSA) is 67.8 Å². The summed E-state index contributed by atoms with van der Waals surface area (Å²) in [6, 6.07) is 3.53. The Morgan fingerprint density at radius 3 is 2.65 bits per heavy atom. The Kier molecular flexibility index (Phi) is 4.61.